The van der Waals surface area contributed by atoms with Gasteiger partial charge < -0.3 is 20.6 Å². The lowest BCUT2D eigenvalue weighted by Gasteiger charge is -2.27. The van der Waals surface area contributed by atoms with E-state index >= 15 is 0 Å². The summed E-state index contributed by atoms with van der Waals surface area (Å²) in [4.78, 5) is 0.0577. The van der Waals surface area contributed by atoms with Crippen molar-refractivity contribution in [3.05, 3.63) is 58.8 Å². The summed E-state index contributed by atoms with van der Waals surface area (Å²) >= 11 is 0. The molecule has 0 fully saturated rings. The van der Waals surface area contributed by atoms with Crippen molar-refractivity contribution in [3.63, 3.8) is 0 Å². The summed E-state index contributed by atoms with van der Waals surface area (Å²) in [6, 6.07) is 7.41. The topological polar surface area (TPSA) is 93.0 Å². The molecule has 0 saturated heterocycles. The first-order valence-electron chi connectivity index (χ1n) is 11.6. The minimum Gasteiger partial charge on any atom is -0.504 e. The third-order valence-corrected chi connectivity index (χ3v) is 7.63. The molecule has 1 aliphatic carbocycles. The molecule has 0 heterocycles. The van der Waals surface area contributed by atoms with Gasteiger partial charge in [0, 0.05) is 30.5 Å². The SMILES string of the molecule is C=C(NCC(C)C)C1=Cc2ccc(N(C)S(=O)c3cc(C(C)C)c(O)c(O)c3O)cc2CC1C. The molecule has 7 heteroatoms. The zero-order chi connectivity index (χ0) is 25.3. The summed E-state index contributed by atoms with van der Waals surface area (Å²) < 4.78 is 14.9. The highest BCUT2D eigenvalue weighted by Gasteiger charge is 2.25. The van der Waals surface area contributed by atoms with E-state index in [-0.39, 0.29) is 22.5 Å². The summed E-state index contributed by atoms with van der Waals surface area (Å²) in [5.41, 5.74) is 5.57. The van der Waals surface area contributed by atoms with E-state index in [1.165, 1.54) is 11.6 Å². The Balaban J connectivity index is 1.90. The Bertz CT molecular complexity index is 1150. The van der Waals surface area contributed by atoms with Crippen LogP contribution in [0.25, 0.3) is 6.08 Å². The van der Waals surface area contributed by atoms with Crippen molar-refractivity contribution in [1.82, 2.24) is 5.32 Å². The minimum atomic E-state index is -1.79. The molecular weight excluding hydrogens is 448 g/mol. The number of phenolic OH excluding ortho intramolecular Hbond substituents is 3. The molecule has 0 spiro atoms. The zero-order valence-electron chi connectivity index (χ0n) is 20.8. The quantitative estimate of drug-likeness (QED) is 0.376. The van der Waals surface area contributed by atoms with Gasteiger partial charge in [-0.1, -0.05) is 47.3 Å². The lowest BCUT2D eigenvalue weighted by atomic mass is 9.83. The van der Waals surface area contributed by atoms with Crippen LogP contribution >= 0.6 is 0 Å². The van der Waals surface area contributed by atoms with Crippen LogP contribution in [0.15, 0.2) is 47.0 Å². The maximum atomic E-state index is 13.4. The molecule has 1 aliphatic rings. The molecule has 2 aromatic carbocycles. The van der Waals surface area contributed by atoms with E-state index in [0.717, 1.165) is 35.5 Å². The number of hydrogen-bond donors (Lipinski definition) is 4. The predicted molar refractivity (Wildman–Crippen MR) is 140 cm³/mol. The van der Waals surface area contributed by atoms with Crippen LogP contribution in [0, 0.1) is 11.8 Å². The van der Waals surface area contributed by atoms with E-state index in [1.807, 2.05) is 32.0 Å². The molecule has 6 nitrogen and oxygen atoms in total. The number of aromatic hydroxyl groups is 3. The van der Waals surface area contributed by atoms with Crippen LogP contribution in [0.2, 0.25) is 0 Å². The van der Waals surface area contributed by atoms with Gasteiger partial charge in [0.2, 0.25) is 5.75 Å². The highest BCUT2D eigenvalue weighted by Crippen LogP contribution is 2.45. The fourth-order valence-corrected chi connectivity index (χ4v) is 5.22. The van der Waals surface area contributed by atoms with Crippen LogP contribution < -0.4 is 9.62 Å². The molecule has 4 N–H and O–H groups in total. The van der Waals surface area contributed by atoms with Gasteiger partial charge in [-0.05, 0) is 65.1 Å². The first-order chi connectivity index (χ1) is 15.9. The average Bonchev–Trinajstić information content (AvgIpc) is 2.79. The molecule has 2 unspecified atom stereocenters. The van der Waals surface area contributed by atoms with Gasteiger partial charge in [-0.25, -0.2) is 4.21 Å². The predicted octanol–water partition coefficient (Wildman–Crippen LogP) is 5.42. The van der Waals surface area contributed by atoms with E-state index in [1.54, 1.807) is 11.4 Å². The van der Waals surface area contributed by atoms with Crippen molar-refractivity contribution in [1.29, 1.82) is 0 Å². The number of hydrogen-bond acceptors (Lipinski definition) is 5. The summed E-state index contributed by atoms with van der Waals surface area (Å²) in [5, 5.41) is 34.1. The van der Waals surface area contributed by atoms with Gasteiger partial charge in [-0.2, -0.15) is 0 Å². The lowest BCUT2D eigenvalue weighted by molar-refractivity contribution is 0.357. The van der Waals surface area contributed by atoms with Crippen molar-refractivity contribution in [2.45, 2.75) is 51.9 Å². The van der Waals surface area contributed by atoms with Crippen LogP contribution in [0.3, 0.4) is 0 Å². The third-order valence-electron chi connectivity index (χ3n) is 6.23. The first kappa shape index (κ1) is 25.7. The molecule has 3 rings (SSSR count). The summed E-state index contributed by atoms with van der Waals surface area (Å²) in [7, 11) is -0.113. The molecular formula is C27H36N2O4S. The maximum absolute atomic E-state index is 13.4. The van der Waals surface area contributed by atoms with Crippen LogP contribution in [0.5, 0.6) is 17.2 Å². The van der Waals surface area contributed by atoms with Crippen molar-refractivity contribution >= 4 is 22.7 Å². The lowest BCUT2D eigenvalue weighted by Crippen LogP contribution is -2.24. The van der Waals surface area contributed by atoms with Crippen LogP contribution in [-0.2, 0) is 17.4 Å². The van der Waals surface area contributed by atoms with Crippen LogP contribution in [0.1, 0.15) is 57.2 Å². The van der Waals surface area contributed by atoms with E-state index in [0.29, 0.717) is 11.5 Å². The molecule has 0 radical (unpaired) electrons. The smallest absolute Gasteiger partial charge is 0.201 e. The molecule has 0 amide bonds. The number of benzene rings is 2. The van der Waals surface area contributed by atoms with E-state index in [2.05, 4.69) is 38.7 Å². The molecule has 0 saturated carbocycles. The van der Waals surface area contributed by atoms with Gasteiger partial charge in [0.15, 0.2) is 22.5 Å². The molecule has 2 aromatic rings. The Kier molecular flexibility index (Phi) is 7.66. The molecule has 0 aromatic heterocycles. The Morgan fingerprint density at radius 3 is 2.44 bits per heavy atom. The highest BCUT2D eigenvalue weighted by atomic mass is 32.2. The third kappa shape index (κ3) is 5.09. The maximum Gasteiger partial charge on any atom is 0.201 e. The minimum absolute atomic E-state index is 0.0577. The van der Waals surface area contributed by atoms with Gasteiger partial charge in [-0.15, -0.1) is 0 Å². The number of anilines is 1. The van der Waals surface area contributed by atoms with Gasteiger partial charge in [-0.3, -0.25) is 4.31 Å². The summed E-state index contributed by atoms with van der Waals surface area (Å²) in [6.07, 6.45) is 3.00. The number of allylic oxidation sites excluding steroid dienone is 1. The van der Waals surface area contributed by atoms with Crippen molar-refractivity contribution in [2.75, 3.05) is 17.9 Å². The van der Waals surface area contributed by atoms with Crippen molar-refractivity contribution in [2.24, 2.45) is 11.8 Å². The number of nitrogens with zero attached hydrogens (tertiary/aromatic N) is 1. The Labute approximate surface area is 205 Å². The standard InChI is InChI=1S/C27H36N2O4S/c1-15(2)14-28-18(6)23-12-19-8-9-21(11-20(19)10-17(23)5)29(7)34(33)24-13-22(16(3)4)25(30)27(32)26(24)31/h8-9,11-13,15-17,28,30-32H,6,10,14H2,1-5,7H3. The molecule has 34 heavy (non-hydrogen) atoms. The first-order valence-corrected chi connectivity index (χ1v) is 12.7. The van der Waals surface area contributed by atoms with Gasteiger partial charge in [0.25, 0.3) is 0 Å². The second-order valence-corrected chi connectivity index (χ2v) is 11.2. The fourth-order valence-electron chi connectivity index (χ4n) is 4.13. The van der Waals surface area contributed by atoms with E-state index in [9.17, 15) is 19.5 Å². The van der Waals surface area contributed by atoms with E-state index in [4.69, 9.17) is 0 Å². The number of nitrogens with one attached hydrogen (secondary N) is 1. The zero-order valence-corrected chi connectivity index (χ0v) is 21.7. The summed E-state index contributed by atoms with van der Waals surface area (Å²) in [6.45, 7) is 15.3. The van der Waals surface area contributed by atoms with Gasteiger partial charge in [0.05, 0.1) is 0 Å². The second kappa shape index (κ2) is 10.1. The Hall–Kier alpha value is -2.93. The van der Waals surface area contributed by atoms with Crippen molar-refractivity contribution < 1.29 is 19.5 Å². The summed E-state index contributed by atoms with van der Waals surface area (Å²) in [5.74, 6) is -0.898. The van der Waals surface area contributed by atoms with Crippen molar-refractivity contribution in [3.8, 4) is 17.2 Å². The number of phenols is 3. The number of rotatable bonds is 8. The second-order valence-electron chi connectivity index (χ2n) is 9.75. The normalized spacial score (nSPS) is 16.2. The largest absolute Gasteiger partial charge is 0.504 e. The monoisotopic (exact) mass is 484 g/mol. The molecule has 0 aliphatic heterocycles. The Morgan fingerprint density at radius 2 is 1.82 bits per heavy atom. The highest BCUT2D eigenvalue weighted by molar-refractivity contribution is 7.86. The molecule has 184 valence electrons. The number of fused-ring (bicyclic) bond motifs is 1. The Morgan fingerprint density at radius 1 is 1.15 bits per heavy atom. The fraction of sp³-hybridized carbons (Fsp3) is 0.407. The molecule has 0 bridgehead atoms. The van der Waals surface area contributed by atoms with Gasteiger partial charge in [0.1, 0.15) is 4.90 Å². The average molecular weight is 485 g/mol. The van der Waals surface area contributed by atoms with Crippen LogP contribution in [0.4, 0.5) is 5.69 Å². The molecule has 2 atom stereocenters. The van der Waals surface area contributed by atoms with E-state index < -0.39 is 22.5 Å². The van der Waals surface area contributed by atoms with Gasteiger partial charge >= 0.3 is 0 Å². The van der Waals surface area contributed by atoms with Crippen LogP contribution in [-0.4, -0.2) is 33.1 Å².